The number of fused-ring (bicyclic) bond motifs is 1. The van der Waals surface area contributed by atoms with E-state index in [9.17, 15) is 9.59 Å². The second-order valence-corrected chi connectivity index (χ2v) is 15.4. The van der Waals surface area contributed by atoms with Gasteiger partial charge in [0.2, 0.25) is 0 Å². The largest absolute Gasteiger partial charge is 0.463 e. The van der Waals surface area contributed by atoms with Crippen molar-refractivity contribution in [3.05, 3.63) is 11.3 Å². The van der Waals surface area contributed by atoms with Gasteiger partial charge in [-0.05, 0) is 45.8 Å². The molecule has 182 valence electrons. The van der Waals surface area contributed by atoms with Gasteiger partial charge in [0.25, 0.3) is 0 Å². The molecule has 2 fully saturated rings. The van der Waals surface area contributed by atoms with Crippen LogP contribution in [0, 0.1) is 0 Å². The lowest BCUT2D eigenvalue weighted by Gasteiger charge is -2.37. The van der Waals surface area contributed by atoms with Crippen LogP contribution in [0.25, 0.3) is 0 Å². The molecule has 0 aromatic carbocycles. The number of carbonyl (C=O) groups excluding carboxylic acids is 2. The number of allylic oxidation sites excluding steroid dienone is 1. The van der Waals surface area contributed by atoms with Crippen molar-refractivity contribution in [2.45, 2.75) is 103 Å². The summed E-state index contributed by atoms with van der Waals surface area (Å²) in [6.07, 6.45) is -1.87. The Morgan fingerprint density at radius 3 is 2.38 bits per heavy atom. The number of esters is 1. The van der Waals surface area contributed by atoms with Crippen molar-refractivity contribution in [3.8, 4) is 0 Å². The van der Waals surface area contributed by atoms with Gasteiger partial charge in [0, 0.05) is 5.70 Å². The van der Waals surface area contributed by atoms with Gasteiger partial charge < -0.3 is 34.0 Å². The molecule has 10 heteroatoms. The first-order valence-electron chi connectivity index (χ1n) is 11.3. The SMILES string of the molecule is CCOC(=O)C1=C(C)NC(=O)N[C@@H]1[C@H]1O[C@H](CO[Si](C)(C)C(C)(C)C)[C@H]2OC(C)(C)O[C@H]21. The van der Waals surface area contributed by atoms with E-state index in [2.05, 4.69) is 44.5 Å². The molecule has 3 aliphatic rings. The van der Waals surface area contributed by atoms with Crippen LogP contribution in [0.3, 0.4) is 0 Å². The molecule has 2 N–H and O–H groups in total. The van der Waals surface area contributed by atoms with Crippen LogP contribution in [0.15, 0.2) is 11.3 Å². The number of rotatable bonds is 6. The molecule has 0 bridgehead atoms. The van der Waals surface area contributed by atoms with Gasteiger partial charge in [0.1, 0.15) is 24.4 Å². The minimum absolute atomic E-state index is 0.0522. The zero-order valence-corrected chi connectivity index (χ0v) is 21.7. The van der Waals surface area contributed by atoms with Crippen LogP contribution in [-0.4, -0.2) is 69.8 Å². The highest BCUT2D eigenvalue weighted by Gasteiger charge is 2.59. The summed E-state index contributed by atoms with van der Waals surface area (Å²) in [6.45, 7) is 18.6. The Morgan fingerprint density at radius 2 is 1.78 bits per heavy atom. The fourth-order valence-electron chi connectivity index (χ4n) is 4.08. The average Bonchev–Trinajstić information content (AvgIpc) is 3.11. The summed E-state index contributed by atoms with van der Waals surface area (Å²) in [5.41, 5.74) is 0.769. The van der Waals surface area contributed by atoms with Crippen LogP contribution in [-0.2, 0) is 28.2 Å². The van der Waals surface area contributed by atoms with Crippen LogP contribution in [0.4, 0.5) is 4.79 Å². The van der Waals surface area contributed by atoms with E-state index in [-0.39, 0.29) is 17.7 Å². The number of ether oxygens (including phenoxy) is 4. The lowest BCUT2D eigenvalue weighted by atomic mass is 9.93. The molecule has 3 rings (SSSR count). The molecule has 2 saturated heterocycles. The Balaban J connectivity index is 1.88. The van der Waals surface area contributed by atoms with E-state index in [4.69, 9.17) is 23.4 Å². The first kappa shape index (κ1) is 25.2. The van der Waals surface area contributed by atoms with Gasteiger partial charge >= 0.3 is 12.0 Å². The van der Waals surface area contributed by atoms with Crippen molar-refractivity contribution >= 4 is 20.3 Å². The molecule has 0 saturated carbocycles. The molecule has 5 atom stereocenters. The van der Waals surface area contributed by atoms with Gasteiger partial charge in [-0.1, -0.05) is 20.8 Å². The van der Waals surface area contributed by atoms with Gasteiger partial charge in [-0.15, -0.1) is 0 Å². The predicted molar refractivity (Wildman–Crippen MR) is 120 cm³/mol. The highest BCUT2D eigenvalue weighted by atomic mass is 28.4. The van der Waals surface area contributed by atoms with Gasteiger partial charge in [-0.2, -0.15) is 0 Å². The van der Waals surface area contributed by atoms with Gasteiger partial charge in [-0.25, -0.2) is 9.59 Å². The zero-order chi connectivity index (χ0) is 24.1. The molecule has 0 spiro atoms. The minimum Gasteiger partial charge on any atom is -0.463 e. The van der Waals surface area contributed by atoms with Crippen molar-refractivity contribution in [1.29, 1.82) is 0 Å². The van der Waals surface area contributed by atoms with Crippen molar-refractivity contribution in [2.24, 2.45) is 0 Å². The summed E-state index contributed by atoms with van der Waals surface area (Å²) < 4.78 is 30.4. The van der Waals surface area contributed by atoms with E-state index in [0.717, 1.165) is 0 Å². The molecule has 0 aliphatic carbocycles. The Morgan fingerprint density at radius 1 is 1.16 bits per heavy atom. The lowest BCUT2D eigenvalue weighted by Crippen LogP contribution is -2.57. The number of hydrogen-bond donors (Lipinski definition) is 2. The average molecular weight is 471 g/mol. The maximum absolute atomic E-state index is 12.7. The molecular formula is C22H38N2O7Si. The molecule has 9 nitrogen and oxygen atoms in total. The van der Waals surface area contributed by atoms with Crippen LogP contribution < -0.4 is 10.6 Å². The third-order valence-electron chi connectivity index (χ3n) is 6.73. The summed E-state index contributed by atoms with van der Waals surface area (Å²) in [5.74, 6) is -1.31. The summed E-state index contributed by atoms with van der Waals surface area (Å²) >= 11 is 0. The van der Waals surface area contributed by atoms with Gasteiger partial charge in [0.15, 0.2) is 14.1 Å². The number of amides is 2. The Bertz CT molecular complexity index is 790. The highest BCUT2D eigenvalue weighted by molar-refractivity contribution is 6.74. The van der Waals surface area contributed by atoms with E-state index < -0.39 is 50.5 Å². The Labute approximate surface area is 191 Å². The van der Waals surface area contributed by atoms with Crippen molar-refractivity contribution < 1.29 is 33.0 Å². The van der Waals surface area contributed by atoms with Crippen molar-refractivity contribution in [2.75, 3.05) is 13.2 Å². The first-order valence-corrected chi connectivity index (χ1v) is 14.2. The first-order chi connectivity index (χ1) is 14.7. The third-order valence-corrected chi connectivity index (χ3v) is 11.2. The van der Waals surface area contributed by atoms with E-state index >= 15 is 0 Å². The zero-order valence-electron chi connectivity index (χ0n) is 20.7. The predicted octanol–water partition coefficient (Wildman–Crippen LogP) is 2.81. The minimum atomic E-state index is -2.02. The van der Waals surface area contributed by atoms with E-state index in [1.807, 2.05) is 13.8 Å². The number of hydrogen-bond acceptors (Lipinski definition) is 7. The quantitative estimate of drug-likeness (QED) is 0.454. The monoisotopic (exact) mass is 470 g/mol. The molecule has 2 amide bonds. The molecule has 0 aromatic rings. The summed E-state index contributed by atoms with van der Waals surface area (Å²) in [7, 11) is -2.02. The normalized spacial score (nSPS) is 32.4. The molecule has 0 unspecified atom stereocenters. The standard InChI is InChI=1S/C22H38N2O7Si/c1-10-27-19(25)14-12(2)23-20(26)24-15(14)17-18-16(30-22(6,7)31-18)13(29-17)11-28-32(8,9)21(3,4)5/h13,15-18H,10-11H2,1-9H3,(H2,23,24,26)/t13-,15+,16-,17-,18-/m1/s1. The molecule has 0 radical (unpaired) electrons. The van der Waals surface area contributed by atoms with Crippen LogP contribution in [0.1, 0.15) is 48.5 Å². The van der Waals surface area contributed by atoms with Crippen molar-refractivity contribution in [1.82, 2.24) is 10.6 Å². The maximum Gasteiger partial charge on any atom is 0.337 e. The topological polar surface area (TPSA) is 104 Å². The smallest absolute Gasteiger partial charge is 0.337 e. The molecule has 0 aromatic heterocycles. The van der Waals surface area contributed by atoms with Crippen molar-refractivity contribution in [3.63, 3.8) is 0 Å². The molecular weight excluding hydrogens is 432 g/mol. The number of nitrogens with one attached hydrogen (secondary N) is 2. The maximum atomic E-state index is 12.7. The van der Waals surface area contributed by atoms with Crippen LogP contribution >= 0.6 is 0 Å². The molecule has 32 heavy (non-hydrogen) atoms. The molecule has 3 heterocycles. The van der Waals surface area contributed by atoms with Gasteiger partial charge in [0.05, 0.1) is 24.8 Å². The number of carbonyl (C=O) groups is 2. The summed E-state index contributed by atoms with van der Waals surface area (Å²) in [6, 6.07) is -1.13. The Kier molecular flexibility index (Phi) is 6.85. The Hall–Kier alpha value is -1.46. The van der Waals surface area contributed by atoms with Crippen LogP contribution in [0.5, 0.6) is 0 Å². The summed E-state index contributed by atoms with van der Waals surface area (Å²) in [4.78, 5) is 25.0. The van der Waals surface area contributed by atoms with E-state index in [0.29, 0.717) is 17.9 Å². The number of urea groups is 1. The lowest BCUT2D eigenvalue weighted by molar-refractivity contribution is -0.191. The van der Waals surface area contributed by atoms with E-state index in [1.165, 1.54) is 0 Å². The fraction of sp³-hybridized carbons (Fsp3) is 0.818. The second kappa shape index (κ2) is 8.71. The van der Waals surface area contributed by atoms with Crippen LogP contribution in [0.2, 0.25) is 18.1 Å². The van der Waals surface area contributed by atoms with E-state index in [1.54, 1.807) is 13.8 Å². The fourth-order valence-corrected chi connectivity index (χ4v) is 5.09. The van der Waals surface area contributed by atoms with Gasteiger partial charge in [-0.3, -0.25) is 0 Å². The third kappa shape index (κ3) is 4.89. The second-order valence-electron chi connectivity index (χ2n) is 10.6. The molecule has 3 aliphatic heterocycles. The highest BCUT2D eigenvalue weighted by Crippen LogP contribution is 2.43. The summed E-state index contributed by atoms with van der Waals surface area (Å²) in [5, 5.41) is 5.54.